The number of benzene rings is 2. The number of halogens is 1. The Hall–Kier alpha value is -1.28. The molecule has 0 fully saturated rings. The summed E-state index contributed by atoms with van der Waals surface area (Å²) < 4.78 is 1.10. The Morgan fingerprint density at radius 3 is 2.33 bits per heavy atom. The van der Waals surface area contributed by atoms with Gasteiger partial charge in [-0.3, -0.25) is 0 Å². The van der Waals surface area contributed by atoms with Crippen molar-refractivity contribution in [3.05, 3.63) is 63.6 Å². The third-order valence-corrected chi connectivity index (χ3v) is 3.66. The minimum atomic E-state index is 0.311. The Bertz CT molecular complexity index is 531. The molecule has 18 heavy (non-hydrogen) atoms. The summed E-state index contributed by atoms with van der Waals surface area (Å²) in [7, 11) is 0. The highest BCUT2D eigenvalue weighted by atomic mass is 79.9. The first kappa shape index (κ1) is 13.2. The van der Waals surface area contributed by atoms with Crippen molar-refractivity contribution in [3.63, 3.8) is 0 Å². The number of aryl methyl sites for hydroxylation is 2. The van der Waals surface area contributed by atoms with Gasteiger partial charge in [-0.05, 0) is 56.2 Å². The van der Waals surface area contributed by atoms with E-state index >= 15 is 0 Å². The molecule has 2 aromatic rings. The Balaban J connectivity index is 2.18. The summed E-state index contributed by atoms with van der Waals surface area (Å²) in [6, 6.07) is 15.2. The van der Waals surface area contributed by atoms with Gasteiger partial charge in [-0.2, -0.15) is 0 Å². The van der Waals surface area contributed by atoms with Gasteiger partial charge in [0, 0.05) is 16.2 Å². The molecule has 2 rings (SSSR count). The van der Waals surface area contributed by atoms with Crippen LogP contribution in [0.2, 0.25) is 0 Å². The van der Waals surface area contributed by atoms with Crippen LogP contribution in [0.3, 0.4) is 0 Å². The smallest absolute Gasteiger partial charge is 0.0488 e. The van der Waals surface area contributed by atoms with E-state index in [9.17, 15) is 0 Å². The lowest BCUT2D eigenvalue weighted by Crippen LogP contribution is -2.08. The van der Waals surface area contributed by atoms with Gasteiger partial charge in [0.1, 0.15) is 0 Å². The van der Waals surface area contributed by atoms with Crippen LogP contribution in [0, 0.1) is 13.8 Å². The maximum Gasteiger partial charge on any atom is 0.0488 e. The number of nitrogens with one attached hydrogen (secondary N) is 1. The second-order valence-electron chi connectivity index (χ2n) is 4.73. The molecule has 0 aromatic heterocycles. The lowest BCUT2D eigenvalue weighted by Gasteiger charge is -2.18. The highest BCUT2D eigenvalue weighted by Crippen LogP contribution is 2.24. The predicted octanol–water partition coefficient (Wildman–Crippen LogP) is 5.24. The van der Waals surface area contributed by atoms with Crippen molar-refractivity contribution in [2.45, 2.75) is 26.8 Å². The molecular formula is C16H18BrN. The first-order chi connectivity index (χ1) is 8.56. The van der Waals surface area contributed by atoms with Crippen LogP contribution in [0.1, 0.15) is 29.7 Å². The maximum atomic E-state index is 3.53. The molecule has 0 radical (unpaired) electrons. The highest BCUT2D eigenvalue weighted by molar-refractivity contribution is 9.10. The molecule has 0 bridgehead atoms. The number of anilines is 1. The molecule has 0 aliphatic heterocycles. The minimum Gasteiger partial charge on any atom is -0.379 e. The maximum absolute atomic E-state index is 3.53. The van der Waals surface area contributed by atoms with E-state index in [1.807, 2.05) is 0 Å². The van der Waals surface area contributed by atoms with Gasteiger partial charge in [-0.15, -0.1) is 0 Å². The van der Waals surface area contributed by atoms with Gasteiger partial charge in [-0.25, -0.2) is 0 Å². The van der Waals surface area contributed by atoms with Crippen LogP contribution < -0.4 is 5.32 Å². The van der Waals surface area contributed by atoms with Crippen LogP contribution in [-0.4, -0.2) is 0 Å². The zero-order valence-electron chi connectivity index (χ0n) is 11.0. The van der Waals surface area contributed by atoms with Crippen LogP contribution in [0.5, 0.6) is 0 Å². The summed E-state index contributed by atoms with van der Waals surface area (Å²) in [5.41, 5.74) is 5.14. The first-order valence-electron chi connectivity index (χ1n) is 6.15. The molecule has 1 nitrogen and oxygen atoms in total. The molecule has 0 aliphatic rings. The van der Waals surface area contributed by atoms with E-state index in [1.165, 1.54) is 16.7 Å². The van der Waals surface area contributed by atoms with Crippen molar-refractivity contribution in [3.8, 4) is 0 Å². The highest BCUT2D eigenvalue weighted by Gasteiger charge is 2.08. The Kier molecular flexibility index (Phi) is 4.07. The Morgan fingerprint density at radius 1 is 1.00 bits per heavy atom. The topological polar surface area (TPSA) is 12.0 Å². The van der Waals surface area contributed by atoms with Gasteiger partial charge >= 0.3 is 0 Å². The fourth-order valence-corrected chi connectivity index (χ4v) is 2.36. The Labute approximate surface area is 117 Å². The average molecular weight is 304 g/mol. The predicted molar refractivity (Wildman–Crippen MR) is 82.1 cm³/mol. The van der Waals surface area contributed by atoms with E-state index in [4.69, 9.17) is 0 Å². The molecule has 0 saturated heterocycles. The zero-order valence-corrected chi connectivity index (χ0v) is 12.6. The molecular weight excluding hydrogens is 286 g/mol. The fraction of sp³-hybridized carbons (Fsp3) is 0.250. The van der Waals surface area contributed by atoms with Crippen LogP contribution in [0.25, 0.3) is 0 Å². The van der Waals surface area contributed by atoms with Crippen LogP contribution >= 0.6 is 15.9 Å². The monoisotopic (exact) mass is 303 g/mol. The number of hydrogen-bond donors (Lipinski definition) is 1. The Morgan fingerprint density at radius 2 is 1.67 bits per heavy atom. The lowest BCUT2D eigenvalue weighted by molar-refractivity contribution is 0.872. The standard InChI is InChI=1S/C16H18BrN/c1-11-4-5-12(2)16(10-11)13(3)18-15-8-6-14(17)7-9-15/h4-10,13,18H,1-3H3. The van der Waals surface area contributed by atoms with Gasteiger partial charge in [0.15, 0.2) is 0 Å². The van der Waals surface area contributed by atoms with Crippen molar-refractivity contribution < 1.29 is 0 Å². The SMILES string of the molecule is Cc1ccc(C)c(C(C)Nc2ccc(Br)cc2)c1. The first-order valence-corrected chi connectivity index (χ1v) is 6.95. The van der Waals surface area contributed by atoms with E-state index in [0.29, 0.717) is 6.04 Å². The van der Waals surface area contributed by atoms with E-state index in [2.05, 4.69) is 84.5 Å². The molecule has 94 valence electrons. The third kappa shape index (κ3) is 3.14. The summed E-state index contributed by atoms with van der Waals surface area (Å²) in [6.45, 7) is 6.49. The molecule has 1 N–H and O–H groups in total. The average Bonchev–Trinajstić information content (AvgIpc) is 2.35. The summed E-state index contributed by atoms with van der Waals surface area (Å²) in [4.78, 5) is 0. The van der Waals surface area contributed by atoms with E-state index in [0.717, 1.165) is 10.2 Å². The largest absolute Gasteiger partial charge is 0.379 e. The number of hydrogen-bond acceptors (Lipinski definition) is 1. The second kappa shape index (κ2) is 5.57. The molecule has 0 spiro atoms. The normalized spacial score (nSPS) is 12.2. The van der Waals surface area contributed by atoms with Crippen LogP contribution in [-0.2, 0) is 0 Å². The van der Waals surface area contributed by atoms with Gasteiger partial charge in [0.05, 0.1) is 0 Å². The lowest BCUT2D eigenvalue weighted by atomic mass is 10.00. The van der Waals surface area contributed by atoms with Crippen molar-refractivity contribution in [2.24, 2.45) is 0 Å². The van der Waals surface area contributed by atoms with E-state index < -0.39 is 0 Å². The van der Waals surface area contributed by atoms with Crippen LogP contribution in [0.15, 0.2) is 46.9 Å². The van der Waals surface area contributed by atoms with E-state index in [-0.39, 0.29) is 0 Å². The molecule has 0 saturated carbocycles. The van der Waals surface area contributed by atoms with Gasteiger partial charge in [-0.1, -0.05) is 39.7 Å². The van der Waals surface area contributed by atoms with Crippen molar-refractivity contribution in [1.29, 1.82) is 0 Å². The van der Waals surface area contributed by atoms with Gasteiger partial charge in [0.2, 0.25) is 0 Å². The van der Waals surface area contributed by atoms with E-state index in [1.54, 1.807) is 0 Å². The molecule has 0 amide bonds. The summed E-state index contributed by atoms with van der Waals surface area (Å²) in [6.07, 6.45) is 0. The molecule has 2 heteroatoms. The molecule has 1 unspecified atom stereocenters. The molecule has 2 aromatic carbocycles. The van der Waals surface area contributed by atoms with Gasteiger partial charge < -0.3 is 5.32 Å². The summed E-state index contributed by atoms with van der Waals surface area (Å²) >= 11 is 3.45. The fourth-order valence-electron chi connectivity index (χ4n) is 2.10. The summed E-state index contributed by atoms with van der Waals surface area (Å²) in [5.74, 6) is 0. The molecule has 0 aliphatic carbocycles. The zero-order chi connectivity index (χ0) is 13.1. The third-order valence-electron chi connectivity index (χ3n) is 3.13. The summed E-state index contributed by atoms with van der Waals surface area (Å²) in [5, 5.41) is 3.53. The second-order valence-corrected chi connectivity index (χ2v) is 5.65. The van der Waals surface area contributed by atoms with Crippen molar-refractivity contribution >= 4 is 21.6 Å². The van der Waals surface area contributed by atoms with Crippen molar-refractivity contribution in [2.75, 3.05) is 5.32 Å². The quantitative estimate of drug-likeness (QED) is 0.817. The molecule has 0 heterocycles. The minimum absolute atomic E-state index is 0.311. The van der Waals surface area contributed by atoms with Gasteiger partial charge in [0.25, 0.3) is 0 Å². The number of rotatable bonds is 3. The molecule has 1 atom stereocenters. The van der Waals surface area contributed by atoms with Crippen LogP contribution in [0.4, 0.5) is 5.69 Å². The van der Waals surface area contributed by atoms with Crippen molar-refractivity contribution in [1.82, 2.24) is 0 Å².